The summed E-state index contributed by atoms with van der Waals surface area (Å²) in [5, 5.41) is 2.75. The van der Waals surface area contributed by atoms with Crippen molar-refractivity contribution in [2.24, 2.45) is 5.73 Å². The molecule has 0 heterocycles. The summed E-state index contributed by atoms with van der Waals surface area (Å²) in [5.74, 6) is -0.175. The second kappa shape index (κ2) is 4.79. The van der Waals surface area contributed by atoms with Crippen LogP contribution in [0.4, 0.5) is 11.4 Å². The average molecular weight is 207 g/mol. The molecule has 82 valence electrons. The normalized spacial score (nSPS) is 12.0. The number of hydrogen-bond acceptors (Lipinski definition) is 3. The predicted molar refractivity (Wildman–Crippen MR) is 63.0 cm³/mol. The molecule has 0 spiro atoms. The van der Waals surface area contributed by atoms with Gasteiger partial charge in [0.05, 0.1) is 6.04 Å². The summed E-state index contributed by atoms with van der Waals surface area (Å²) >= 11 is 0. The van der Waals surface area contributed by atoms with Crippen molar-refractivity contribution < 1.29 is 4.79 Å². The summed E-state index contributed by atoms with van der Waals surface area (Å²) in [6, 6.07) is 7.12. The van der Waals surface area contributed by atoms with E-state index >= 15 is 0 Å². The number of nitrogens with one attached hydrogen (secondary N) is 1. The molecule has 0 aromatic heterocycles. The molecule has 0 saturated heterocycles. The molecular weight excluding hydrogens is 190 g/mol. The first-order valence-corrected chi connectivity index (χ1v) is 4.84. The predicted octanol–water partition coefficient (Wildman–Crippen LogP) is 1.04. The maximum atomic E-state index is 11.3. The van der Waals surface area contributed by atoms with E-state index < -0.39 is 6.04 Å². The molecule has 4 nitrogen and oxygen atoms in total. The minimum absolute atomic E-state index is 0.175. The third-order valence-corrected chi connectivity index (χ3v) is 2.04. The molecule has 0 aliphatic rings. The summed E-state index contributed by atoms with van der Waals surface area (Å²) in [6.07, 6.45) is 0. The summed E-state index contributed by atoms with van der Waals surface area (Å²) in [4.78, 5) is 13.3. The molecule has 3 N–H and O–H groups in total. The van der Waals surface area contributed by atoms with Crippen LogP contribution in [0.5, 0.6) is 0 Å². The van der Waals surface area contributed by atoms with Crippen molar-refractivity contribution >= 4 is 17.3 Å². The zero-order valence-electron chi connectivity index (χ0n) is 9.32. The Hall–Kier alpha value is -1.55. The SMILES string of the molecule is CC(N)C(=O)Nc1cccc(N(C)C)c1. The molecule has 0 saturated carbocycles. The average Bonchev–Trinajstić information content (AvgIpc) is 2.18. The molecular formula is C11H17N3O. The van der Waals surface area contributed by atoms with E-state index in [4.69, 9.17) is 5.73 Å². The van der Waals surface area contributed by atoms with Crippen LogP contribution >= 0.6 is 0 Å². The zero-order chi connectivity index (χ0) is 11.4. The number of hydrogen-bond donors (Lipinski definition) is 2. The van der Waals surface area contributed by atoms with Gasteiger partial charge in [0.15, 0.2) is 0 Å². The van der Waals surface area contributed by atoms with Gasteiger partial charge in [-0.15, -0.1) is 0 Å². The third-order valence-electron chi connectivity index (χ3n) is 2.04. The van der Waals surface area contributed by atoms with Crippen LogP contribution < -0.4 is 16.0 Å². The molecule has 4 heteroatoms. The topological polar surface area (TPSA) is 58.4 Å². The Morgan fingerprint density at radius 2 is 2.13 bits per heavy atom. The number of carbonyl (C=O) groups excluding carboxylic acids is 1. The van der Waals surface area contributed by atoms with Crippen molar-refractivity contribution in [2.45, 2.75) is 13.0 Å². The lowest BCUT2D eigenvalue weighted by Gasteiger charge is -2.14. The van der Waals surface area contributed by atoms with Crippen LogP contribution in [0.25, 0.3) is 0 Å². The van der Waals surface area contributed by atoms with E-state index in [0.717, 1.165) is 11.4 Å². The second-order valence-corrected chi connectivity index (χ2v) is 3.72. The molecule has 0 fully saturated rings. The minimum atomic E-state index is -0.493. The van der Waals surface area contributed by atoms with Gasteiger partial charge in [-0.2, -0.15) is 0 Å². The van der Waals surface area contributed by atoms with Gasteiger partial charge in [0.1, 0.15) is 0 Å². The van der Waals surface area contributed by atoms with Gasteiger partial charge in [-0.05, 0) is 25.1 Å². The molecule has 1 atom stereocenters. The Kier molecular flexibility index (Phi) is 3.68. The molecule has 1 aromatic carbocycles. The van der Waals surface area contributed by atoms with Crippen molar-refractivity contribution in [3.8, 4) is 0 Å². The van der Waals surface area contributed by atoms with Crippen molar-refractivity contribution in [3.63, 3.8) is 0 Å². The molecule has 1 unspecified atom stereocenters. The quantitative estimate of drug-likeness (QED) is 0.778. The number of rotatable bonds is 3. The number of benzene rings is 1. The van der Waals surface area contributed by atoms with Crippen LogP contribution in [0.1, 0.15) is 6.92 Å². The molecule has 15 heavy (non-hydrogen) atoms. The first-order chi connectivity index (χ1) is 7.00. The smallest absolute Gasteiger partial charge is 0.240 e. The Labute approximate surface area is 90.1 Å². The van der Waals surface area contributed by atoms with E-state index in [1.165, 1.54) is 0 Å². The Morgan fingerprint density at radius 3 is 2.67 bits per heavy atom. The highest BCUT2D eigenvalue weighted by Crippen LogP contribution is 2.17. The van der Waals surface area contributed by atoms with E-state index in [0.29, 0.717) is 0 Å². The summed E-state index contributed by atoms with van der Waals surface area (Å²) in [5.41, 5.74) is 7.27. The van der Waals surface area contributed by atoms with Crippen LogP contribution in [0.3, 0.4) is 0 Å². The summed E-state index contributed by atoms with van der Waals surface area (Å²) < 4.78 is 0. The fourth-order valence-corrected chi connectivity index (χ4v) is 1.12. The first kappa shape index (κ1) is 11.5. The van der Waals surface area contributed by atoms with Gasteiger partial charge in [0.25, 0.3) is 0 Å². The van der Waals surface area contributed by atoms with Gasteiger partial charge in [-0.1, -0.05) is 6.07 Å². The van der Waals surface area contributed by atoms with E-state index in [-0.39, 0.29) is 5.91 Å². The highest BCUT2D eigenvalue weighted by Gasteiger charge is 2.07. The summed E-state index contributed by atoms with van der Waals surface area (Å²) in [6.45, 7) is 1.66. The van der Waals surface area contributed by atoms with Crippen LogP contribution in [-0.4, -0.2) is 26.0 Å². The van der Waals surface area contributed by atoms with Gasteiger partial charge in [-0.25, -0.2) is 0 Å². The van der Waals surface area contributed by atoms with Crippen LogP contribution in [0.15, 0.2) is 24.3 Å². The fourth-order valence-electron chi connectivity index (χ4n) is 1.12. The lowest BCUT2D eigenvalue weighted by Crippen LogP contribution is -2.32. The van der Waals surface area contributed by atoms with Gasteiger partial charge in [0.2, 0.25) is 5.91 Å². The van der Waals surface area contributed by atoms with E-state index in [2.05, 4.69) is 5.32 Å². The lowest BCUT2D eigenvalue weighted by molar-refractivity contribution is -0.117. The van der Waals surface area contributed by atoms with Crippen molar-refractivity contribution in [3.05, 3.63) is 24.3 Å². The highest BCUT2D eigenvalue weighted by atomic mass is 16.2. The Bertz CT molecular complexity index is 347. The molecule has 1 amide bonds. The van der Waals surface area contributed by atoms with Gasteiger partial charge >= 0.3 is 0 Å². The fraction of sp³-hybridized carbons (Fsp3) is 0.364. The zero-order valence-corrected chi connectivity index (χ0v) is 9.32. The van der Waals surface area contributed by atoms with Gasteiger partial charge < -0.3 is 16.0 Å². The van der Waals surface area contributed by atoms with Crippen LogP contribution in [0, 0.1) is 0 Å². The number of anilines is 2. The standard InChI is InChI=1S/C11H17N3O/c1-8(12)11(15)13-9-5-4-6-10(7-9)14(2)3/h4-8H,12H2,1-3H3,(H,13,15). The van der Waals surface area contributed by atoms with E-state index in [1.54, 1.807) is 6.92 Å². The molecule has 1 rings (SSSR count). The van der Waals surface area contributed by atoms with Crippen LogP contribution in [0.2, 0.25) is 0 Å². The third kappa shape index (κ3) is 3.25. The molecule has 0 aliphatic carbocycles. The minimum Gasteiger partial charge on any atom is -0.378 e. The van der Waals surface area contributed by atoms with Crippen molar-refractivity contribution in [2.75, 3.05) is 24.3 Å². The number of nitrogens with two attached hydrogens (primary N) is 1. The first-order valence-electron chi connectivity index (χ1n) is 4.84. The Balaban J connectivity index is 2.78. The summed E-state index contributed by atoms with van der Waals surface area (Å²) in [7, 11) is 3.90. The maximum absolute atomic E-state index is 11.3. The molecule has 0 bridgehead atoms. The lowest BCUT2D eigenvalue weighted by atomic mass is 10.2. The monoisotopic (exact) mass is 207 g/mol. The van der Waals surface area contributed by atoms with Crippen molar-refractivity contribution in [1.82, 2.24) is 0 Å². The number of amides is 1. The van der Waals surface area contributed by atoms with Gasteiger partial charge in [-0.3, -0.25) is 4.79 Å². The molecule has 1 aromatic rings. The number of nitrogens with zero attached hydrogens (tertiary/aromatic N) is 1. The largest absolute Gasteiger partial charge is 0.378 e. The molecule has 0 radical (unpaired) electrons. The molecule has 0 aliphatic heterocycles. The van der Waals surface area contributed by atoms with E-state index in [9.17, 15) is 4.79 Å². The second-order valence-electron chi connectivity index (χ2n) is 3.72. The van der Waals surface area contributed by atoms with E-state index in [1.807, 2.05) is 43.3 Å². The van der Waals surface area contributed by atoms with Crippen LogP contribution in [-0.2, 0) is 4.79 Å². The van der Waals surface area contributed by atoms with Crippen molar-refractivity contribution in [1.29, 1.82) is 0 Å². The number of carbonyl (C=O) groups is 1. The highest BCUT2D eigenvalue weighted by molar-refractivity contribution is 5.94. The Morgan fingerprint density at radius 1 is 1.47 bits per heavy atom. The maximum Gasteiger partial charge on any atom is 0.240 e. The van der Waals surface area contributed by atoms with Gasteiger partial charge in [0, 0.05) is 25.5 Å².